The normalized spacial score (nSPS) is 12.1. The monoisotopic (exact) mass is 360 g/mol. The number of carbonyl (C=O) groups is 2. The second kappa shape index (κ2) is 17.3. The van der Waals surface area contributed by atoms with E-state index in [9.17, 15) is 9.59 Å². The molecule has 0 saturated carbocycles. The molecule has 0 radical (unpaired) electrons. The Morgan fingerprint density at radius 1 is 0.792 bits per heavy atom. The molecule has 0 heterocycles. The van der Waals surface area contributed by atoms with Crippen LogP contribution in [0.5, 0.6) is 0 Å². The van der Waals surface area contributed by atoms with Crippen LogP contribution in [0.15, 0.2) is 0 Å². The number of rotatable bonds is 17. The van der Waals surface area contributed by atoms with E-state index in [2.05, 4.69) is 13.8 Å². The lowest BCUT2D eigenvalue weighted by molar-refractivity contribution is -0.146. The average Bonchev–Trinajstić information content (AvgIpc) is 2.56. The van der Waals surface area contributed by atoms with Crippen LogP contribution in [-0.4, -0.2) is 17.8 Å². The van der Waals surface area contributed by atoms with Crippen molar-refractivity contribution in [2.75, 3.05) is 6.61 Å². The molecule has 24 heavy (non-hydrogen) atoms. The first-order chi connectivity index (χ1) is 11.6. The molecule has 0 N–H and O–H groups in total. The summed E-state index contributed by atoms with van der Waals surface area (Å²) in [5.41, 5.74) is 0. The highest BCUT2D eigenvalue weighted by Gasteiger charge is 2.13. The number of ether oxygens (including phenoxy) is 1. The van der Waals surface area contributed by atoms with Gasteiger partial charge in [-0.3, -0.25) is 9.59 Å². The molecule has 0 fully saturated rings. The largest absolute Gasteiger partial charge is 0.465 e. The zero-order valence-corrected chi connectivity index (χ0v) is 16.5. The van der Waals surface area contributed by atoms with Crippen molar-refractivity contribution in [3.05, 3.63) is 0 Å². The lowest BCUT2D eigenvalue weighted by atomic mass is 9.95. The van der Waals surface area contributed by atoms with Crippen LogP contribution < -0.4 is 0 Å². The molecule has 0 spiro atoms. The van der Waals surface area contributed by atoms with Crippen LogP contribution in [0.1, 0.15) is 104 Å². The van der Waals surface area contributed by atoms with Crippen LogP contribution >= 0.6 is 11.6 Å². The van der Waals surface area contributed by atoms with E-state index >= 15 is 0 Å². The molecule has 0 aromatic heterocycles. The quantitative estimate of drug-likeness (QED) is 0.171. The molecule has 0 aliphatic heterocycles. The zero-order chi connectivity index (χ0) is 18.0. The summed E-state index contributed by atoms with van der Waals surface area (Å²) in [6.07, 6.45) is 15.2. The molecule has 0 aliphatic rings. The Morgan fingerprint density at radius 2 is 1.29 bits per heavy atom. The van der Waals surface area contributed by atoms with Gasteiger partial charge >= 0.3 is 5.97 Å². The van der Waals surface area contributed by atoms with Gasteiger partial charge < -0.3 is 4.74 Å². The lowest BCUT2D eigenvalue weighted by Gasteiger charge is -2.17. The molecule has 4 heteroatoms. The Labute approximate surface area is 153 Å². The van der Waals surface area contributed by atoms with Crippen molar-refractivity contribution in [3.8, 4) is 0 Å². The molecule has 142 valence electrons. The highest BCUT2D eigenvalue weighted by molar-refractivity contribution is 6.63. The Morgan fingerprint density at radius 3 is 1.83 bits per heavy atom. The Balaban J connectivity index is 3.98. The second-order valence-electron chi connectivity index (χ2n) is 6.81. The SMILES string of the molecule is CCCCCCCCC(CCCCCC)COC(=O)CCC(=O)Cl. The molecule has 0 bridgehead atoms. The van der Waals surface area contributed by atoms with Gasteiger partial charge in [0, 0.05) is 6.42 Å². The minimum Gasteiger partial charge on any atom is -0.465 e. The highest BCUT2D eigenvalue weighted by atomic mass is 35.5. The summed E-state index contributed by atoms with van der Waals surface area (Å²) in [4.78, 5) is 22.3. The first kappa shape index (κ1) is 23.4. The number of carbonyl (C=O) groups excluding carboxylic acids is 2. The summed E-state index contributed by atoms with van der Waals surface area (Å²) in [6.45, 7) is 4.95. The number of hydrogen-bond acceptors (Lipinski definition) is 3. The summed E-state index contributed by atoms with van der Waals surface area (Å²) in [5.74, 6) is 0.161. The highest BCUT2D eigenvalue weighted by Crippen LogP contribution is 2.19. The third-order valence-electron chi connectivity index (χ3n) is 4.44. The Kier molecular flexibility index (Phi) is 16.8. The molecule has 3 nitrogen and oxygen atoms in total. The van der Waals surface area contributed by atoms with Crippen LogP contribution in [0.4, 0.5) is 0 Å². The van der Waals surface area contributed by atoms with Crippen LogP contribution in [-0.2, 0) is 14.3 Å². The van der Waals surface area contributed by atoms with Crippen LogP contribution in [0.25, 0.3) is 0 Å². The van der Waals surface area contributed by atoms with E-state index in [0.717, 1.165) is 12.8 Å². The summed E-state index contributed by atoms with van der Waals surface area (Å²) in [6, 6.07) is 0. The fourth-order valence-corrected chi connectivity index (χ4v) is 2.96. The summed E-state index contributed by atoms with van der Waals surface area (Å²) in [5, 5.41) is -0.477. The van der Waals surface area contributed by atoms with E-state index < -0.39 is 5.24 Å². The third kappa shape index (κ3) is 16.3. The van der Waals surface area contributed by atoms with Crippen LogP contribution in [0, 0.1) is 5.92 Å². The zero-order valence-electron chi connectivity index (χ0n) is 15.8. The first-order valence-electron chi connectivity index (χ1n) is 9.94. The topological polar surface area (TPSA) is 43.4 Å². The van der Waals surface area contributed by atoms with Gasteiger partial charge in [0.05, 0.1) is 13.0 Å². The molecule has 0 rings (SSSR count). The minimum atomic E-state index is -0.477. The van der Waals surface area contributed by atoms with Gasteiger partial charge in [0.2, 0.25) is 5.24 Å². The molecule has 0 aromatic rings. The fourth-order valence-electron chi connectivity index (χ4n) is 2.87. The molecule has 0 amide bonds. The summed E-state index contributed by atoms with van der Waals surface area (Å²) >= 11 is 5.26. The van der Waals surface area contributed by atoms with Gasteiger partial charge in [-0.15, -0.1) is 0 Å². The predicted octanol–water partition coefficient (Wildman–Crippen LogP) is 6.41. The van der Waals surface area contributed by atoms with Crippen molar-refractivity contribution < 1.29 is 14.3 Å². The van der Waals surface area contributed by atoms with Crippen molar-refractivity contribution in [3.63, 3.8) is 0 Å². The van der Waals surface area contributed by atoms with E-state index in [0.29, 0.717) is 12.5 Å². The van der Waals surface area contributed by atoms with Crippen LogP contribution in [0.2, 0.25) is 0 Å². The minimum absolute atomic E-state index is 0.0684. The van der Waals surface area contributed by atoms with E-state index in [1.54, 1.807) is 0 Å². The number of esters is 1. The maximum absolute atomic E-state index is 11.6. The predicted molar refractivity (Wildman–Crippen MR) is 101 cm³/mol. The summed E-state index contributed by atoms with van der Waals surface area (Å²) < 4.78 is 5.36. The van der Waals surface area contributed by atoms with E-state index in [1.807, 2.05) is 0 Å². The molecule has 1 unspecified atom stereocenters. The molecule has 0 aromatic carbocycles. The van der Waals surface area contributed by atoms with Gasteiger partial charge in [0.15, 0.2) is 0 Å². The van der Waals surface area contributed by atoms with Gasteiger partial charge in [-0.2, -0.15) is 0 Å². The van der Waals surface area contributed by atoms with Gasteiger partial charge in [-0.05, 0) is 30.4 Å². The number of halogens is 1. The summed E-state index contributed by atoms with van der Waals surface area (Å²) in [7, 11) is 0. The molecule has 1 atom stereocenters. The van der Waals surface area contributed by atoms with Crippen molar-refractivity contribution in [2.45, 2.75) is 104 Å². The molecule has 0 saturated heterocycles. The molecule has 0 aliphatic carbocycles. The van der Waals surface area contributed by atoms with Gasteiger partial charge in [0.1, 0.15) is 0 Å². The van der Waals surface area contributed by atoms with E-state index in [1.165, 1.54) is 64.2 Å². The van der Waals surface area contributed by atoms with Gasteiger partial charge in [-0.1, -0.05) is 78.1 Å². The van der Waals surface area contributed by atoms with E-state index in [-0.39, 0.29) is 18.8 Å². The first-order valence-corrected chi connectivity index (χ1v) is 10.3. The maximum Gasteiger partial charge on any atom is 0.306 e. The number of hydrogen-bond donors (Lipinski definition) is 0. The van der Waals surface area contributed by atoms with Crippen molar-refractivity contribution in [1.82, 2.24) is 0 Å². The standard InChI is InChI=1S/C20H37ClO3/c1-3-5-7-9-10-12-14-18(13-11-8-6-4-2)17-24-20(23)16-15-19(21)22/h18H,3-17H2,1-2H3. The van der Waals surface area contributed by atoms with Crippen molar-refractivity contribution in [2.24, 2.45) is 5.92 Å². The Hall–Kier alpha value is -0.570. The Bertz CT molecular complexity index is 318. The smallest absolute Gasteiger partial charge is 0.306 e. The number of unbranched alkanes of at least 4 members (excludes halogenated alkanes) is 8. The third-order valence-corrected chi connectivity index (χ3v) is 4.63. The van der Waals surface area contributed by atoms with E-state index in [4.69, 9.17) is 16.3 Å². The molecular weight excluding hydrogens is 324 g/mol. The maximum atomic E-state index is 11.6. The van der Waals surface area contributed by atoms with Crippen molar-refractivity contribution in [1.29, 1.82) is 0 Å². The second-order valence-corrected chi connectivity index (χ2v) is 7.23. The van der Waals surface area contributed by atoms with Crippen molar-refractivity contribution >= 4 is 22.8 Å². The molecular formula is C20H37ClO3. The lowest BCUT2D eigenvalue weighted by Crippen LogP contribution is -2.15. The van der Waals surface area contributed by atoms with Gasteiger partial charge in [0.25, 0.3) is 0 Å². The van der Waals surface area contributed by atoms with Crippen LogP contribution in [0.3, 0.4) is 0 Å². The fraction of sp³-hybridized carbons (Fsp3) is 0.900. The van der Waals surface area contributed by atoms with Gasteiger partial charge in [-0.25, -0.2) is 0 Å². The average molecular weight is 361 g/mol.